The lowest BCUT2D eigenvalue weighted by Gasteiger charge is -2.33. The summed E-state index contributed by atoms with van der Waals surface area (Å²) in [4.78, 5) is 24.5. The van der Waals surface area contributed by atoms with Crippen molar-refractivity contribution in [3.05, 3.63) is 0 Å². The highest BCUT2D eigenvalue weighted by Crippen LogP contribution is 2.26. The van der Waals surface area contributed by atoms with Gasteiger partial charge >= 0.3 is 5.97 Å². The molecule has 2 atom stereocenters. The Kier molecular flexibility index (Phi) is 4.28. The SMILES string of the molecule is O=C(O)CC1CN(C(=O)C2CCSC2)CCO1. The molecule has 0 bridgehead atoms. The van der Waals surface area contributed by atoms with Crippen LogP contribution in [0.1, 0.15) is 12.8 Å². The fourth-order valence-corrected chi connectivity index (χ4v) is 3.44. The summed E-state index contributed by atoms with van der Waals surface area (Å²) in [5.74, 6) is 1.39. The first-order valence-electron chi connectivity index (χ1n) is 5.86. The standard InChI is InChI=1S/C11H17NO4S/c13-10(14)5-9-6-12(2-3-16-9)11(15)8-1-4-17-7-8/h8-9H,1-7H2,(H,13,14). The van der Waals surface area contributed by atoms with Gasteiger partial charge in [0.1, 0.15) is 0 Å². The lowest BCUT2D eigenvalue weighted by atomic mass is 10.1. The van der Waals surface area contributed by atoms with E-state index in [2.05, 4.69) is 0 Å². The second-order valence-electron chi connectivity index (χ2n) is 4.44. The molecule has 0 aliphatic carbocycles. The summed E-state index contributed by atoms with van der Waals surface area (Å²) in [5, 5.41) is 8.72. The minimum atomic E-state index is -0.874. The summed E-state index contributed by atoms with van der Waals surface area (Å²) in [7, 11) is 0. The molecule has 2 saturated heterocycles. The number of carbonyl (C=O) groups is 2. The molecule has 0 radical (unpaired) electrons. The van der Waals surface area contributed by atoms with Gasteiger partial charge in [-0.2, -0.15) is 11.8 Å². The van der Waals surface area contributed by atoms with Crippen molar-refractivity contribution in [2.24, 2.45) is 5.92 Å². The van der Waals surface area contributed by atoms with Gasteiger partial charge in [-0.15, -0.1) is 0 Å². The fraction of sp³-hybridized carbons (Fsp3) is 0.818. The second-order valence-corrected chi connectivity index (χ2v) is 5.59. The number of carboxylic acids is 1. The summed E-state index contributed by atoms with van der Waals surface area (Å²) in [6.45, 7) is 1.46. The number of rotatable bonds is 3. The van der Waals surface area contributed by atoms with Crippen molar-refractivity contribution in [1.29, 1.82) is 0 Å². The Morgan fingerprint density at radius 2 is 2.29 bits per heavy atom. The van der Waals surface area contributed by atoms with Crippen LogP contribution in [0.3, 0.4) is 0 Å². The van der Waals surface area contributed by atoms with Crippen molar-refractivity contribution in [3.8, 4) is 0 Å². The van der Waals surface area contributed by atoms with Crippen LogP contribution in [-0.4, -0.2) is 59.2 Å². The molecule has 1 N–H and O–H groups in total. The maximum atomic E-state index is 12.1. The lowest BCUT2D eigenvalue weighted by molar-refractivity contribution is -0.149. The first-order valence-corrected chi connectivity index (χ1v) is 7.02. The third-order valence-electron chi connectivity index (χ3n) is 3.13. The van der Waals surface area contributed by atoms with Crippen molar-refractivity contribution in [1.82, 2.24) is 4.90 Å². The summed E-state index contributed by atoms with van der Waals surface area (Å²) < 4.78 is 5.35. The Balaban J connectivity index is 1.87. The Morgan fingerprint density at radius 1 is 1.47 bits per heavy atom. The minimum absolute atomic E-state index is 0.0246. The highest BCUT2D eigenvalue weighted by Gasteiger charge is 2.31. The van der Waals surface area contributed by atoms with Gasteiger partial charge in [-0.05, 0) is 12.2 Å². The molecule has 2 rings (SSSR count). The van der Waals surface area contributed by atoms with Crippen LogP contribution in [0.15, 0.2) is 0 Å². The number of aliphatic carboxylic acids is 1. The Hall–Kier alpha value is -0.750. The fourth-order valence-electron chi connectivity index (χ4n) is 2.23. The highest BCUT2D eigenvalue weighted by molar-refractivity contribution is 7.99. The number of ether oxygens (including phenoxy) is 1. The van der Waals surface area contributed by atoms with Crippen LogP contribution >= 0.6 is 11.8 Å². The topological polar surface area (TPSA) is 66.8 Å². The van der Waals surface area contributed by atoms with E-state index in [4.69, 9.17) is 9.84 Å². The summed E-state index contributed by atoms with van der Waals surface area (Å²) in [6, 6.07) is 0. The molecule has 2 aliphatic heterocycles. The molecule has 0 aromatic rings. The van der Waals surface area contributed by atoms with Crippen LogP contribution in [0.25, 0.3) is 0 Å². The van der Waals surface area contributed by atoms with E-state index in [0.717, 1.165) is 17.9 Å². The number of carbonyl (C=O) groups excluding carboxylic acids is 1. The molecule has 2 aliphatic rings. The average molecular weight is 259 g/mol. The predicted octanol–water partition coefficient (Wildman–Crippen LogP) is 0.442. The highest BCUT2D eigenvalue weighted by atomic mass is 32.2. The van der Waals surface area contributed by atoms with Gasteiger partial charge in [-0.3, -0.25) is 9.59 Å². The van der Waals surface area contributed by atoms with E-state index in [1.54, 1.807) is 4.90 Å². The van der Waals surface area contributed by atoms with Crippen LogP contribution in [0.2, 0.25) is 0 Å². The molecule has 0 saturated carbocycles. The maximum Gasteiger partial charge on any atom is 0.306 e. The molecule has 96 valence electrons. The Labute approximate surface area is 104 Å². The van der Waals surface area contributed by atoms with Gasteiger partial charge < -0.3 is 14.7 Å². The van der Waals surface area contributed by atoms with E-state index in [1.807, 2.05) is 11.8 Å². The number of thioether (sulfide) groups is 1. The predicted molar refractivity (Wildman–Crippen MR) is 64.0 cm³/mol. The number of amides is 1. The van der Waals surface area contributed by atoms with Crippen molar-refractivity contribution < 1.29 is 19.4 Å². The lowest BCUT2D eigenvalue weighted by Crippen LogP contribution is -2.48. The normalized spacial score (nSPS) is 29.3. The summed E-state index contributed by atoms with van der Waals surface area (Å²) in [5.41, 5.74) is 0. The molecule has 0 aromatic heterocycles. The molecule has 2 heterocycles. The number of morpholine rings is 1. The zero-order valence-electron chi connectivity index (χ0n) is 9.63. The average Bonchev–Trinajstić information content (AvgIpc) is 2.81. The molecule has 0 aromatic carbocycles. The van der Waals surface area contributed by atoms with Gasteiger partial charge in [0.15, 0.2) is 0 Å². The van der Waals surface area contributed by atoms with Crippen molar-refractivity contribution >= 4 is 23.6 Å². The maximum absolute atomic E-state index is 12.1. The van der Waals surface area contributed by atoms with E-state index in [1.165, 1.54) is 0 Å². The number of carboxylic acid groups (broad SMARTS) is 1. The van der Waals surface area contributed by atoms with Gasteiger partial charge in [-0.25, -0.2) is 0 Å². The van der Waals surface area contributed by atoms with Gasteiger partial charge in [-0.1, -0.05) is 0 Å². The zero-order chi connectivity index (χ0) is 12.3. The third-order valence-corrected chi connectivity index (χ3v) is 4.29. The van der Waals surface area contributed by atoms with Crippen molar-refractivity contribution in [2.45, 2.75) is 18.9 Å². The van der Waals surface area contributed by atoms with Crippen LogP contribution < -0.4 is 0 Å². The number of hydrogen-bond donors (Lipinski definition) is 1. The molecule has 1 amide bonds. The quantitative estimate of drug-likeness (QED) is 0.796. The van der Waals surface area contributed by atoms with E-state index >= 15 is 0 Å². The van der Waals surface area contributed by atoms with Gasteiger partial charge in [0.2, 0.25) is 5.91 Å². The van der Waals surface area contributed by atoms with Crippen LogP contribution in [0, 0.1) is 5.92 Å². The number of nitrogens with zero attached hydrogens (tertiary/aromatic N) is 1. The van der Waals surface area contributed by atoms with Crippen LogP contribution in [-0.2, 0) is 14.3 Å². The Morgan fingerprint density at radius 3 is 2.94 bits per heavy atom. The zero-order valence-corrected chi connectivity index (χ0v) is 10.4. The molecular weight excluding hydrogens is 242 g/mol. The molecule has 2 fully saturated rings. The molecule has 2 unspecified atom stereocenters. The molecule has 0 spiro atoms. The largest absolute Gasteiger partial charge is 0.481 e. The Bertz CT molecular complexity index is 304. The van der Waals surface area contributed by atoms with E-state index in [9.17, 15) is 9.59 Å². The molecule has 5 nitrogen and oxygen atoms in total. The molecular formula is C11H17NO4S. The molecule has 17 heavy (non-hydrogen) atoms. The third kappa shape index (κ3) is 3.35. The minimum Gasteiger partial charge on any atom is -0.481 e. The smallest absolute Gasteiger partial charge is 0.306 e. The monoisotopic (exact) mass is 259 g/mol. The first-order chi connectivity index (χ1) is 8.16. The van der Waals surface area contributed by atoms with E-state index in [0.29, 0.717) is 19.7 Å². The van der Waals surface area contributed by atoms with Gasteiger partial charge in [0.05, 0.1) is 19.1 Å². The van der Waals surface area contributed by atoms with E-state index in [-0.39, 0.29) is 24.3 Å². The van der Waals surface area contributed by atoms with Crippen molar-refractivity contribution in [2.75, 3.05) is 31.2 Å². The van der Waals surface area contributed by atoms with Gasteiger partial charge in [0, 0.05) is 24.8 Å². The summed E-state index contributed by atoms with van der Waals surface area (Å²) >= 11 is 1.81. The van der Waals surface area contributed by atoms with E-state index < -0.39 is 5.97 Å². The molecule has 6 heteroatoms. The summed E-state index contributed by atoms with van der Waals surface area (Å²) in [6.07, 6.45) is 0.576. The van der Waals surface area contributed by atoms with Crippen molar-refractivity contribution in [3.63, 3.8) is 0 Å². The first kappa shape index (κ1) is 12.7. The van der Waals surface area contributed by atoms with Gasteiger partial charge in [0.25, 0.3) is 0 Å². The van der Waals surface area contributed by atoms with Crippen LogP contribution in [0.5, 0.6) is 0 Å². The number of hydrogen-bond acceptors (Lipinski definition) is 4. The van der Waals surface area contributed by atoms with Crippen LogP contribution in [0.4, 0.5) is 0 Å². The second kappa shape index (κ2) is 5.73.